The zero-order chi connectivity index (χ0) is 19.9. The van der Waals surface area contributed by atoms with E-state index in [2.05, 4.69) is 6.92 Å². The molecule has 0 saturated carbocycles. The molecule has 1 N–H and O–H groups in total. The summed E-state index contributed by atoms with van der Waals surface area (Å²) in [4.78, 5) is 23.4. The highest BCUT2D eigenvalue weighted by atomic mass is 16.5. The summed E-state index contributed by atoms with van der Waals surface area (Å²) in [6.45, 7) is 4.12. The Balaban J connectivity index is 2.11. The topological polar surface area (TPSA) is 63.6 Å². The molecule has 27 heavy (non-hydrogen) atoms. The SMILES string of the molecule is CCCCCCCCCCCCCC(C)OC(=O)c1ccccc1C(=O)O. The highest BCUT2D eigenvalue weighted by Gasteiger charge is 2.18. The van der Waals surface area contributed by atoms with Crippen molar-refractivity contribution in [2.24, 2.45) is 0 Å². The molecular formula is C23H36O4. The minimum Gasteiger partial charge on any atom is -0.478 e. The van der Waals surface area contributed by atoms with Crippen molar-refractivity contribution in [3.63, 3.8) is 0 Å². The second kappa shape index (κ2) is 14.2. The van der Waals surface area contributed by atoms with Crippen LogP contribution >= 0.6 is 0 Å². The molecule has 0 bridgehead atoms. The van der Waals surface area contributed by atoms with Gasteiger partial charge in [0.25, 0.3) is 0 Å². The Labute approximate surface area is 164 Å². The molecule has 4 heteroatoms. The molecule has 0 amide bonds. The fourth-order valence-electron chi connectivity index (χ4n) is 3.25. The van der Waals surface area contributed by atoms with E-state index in [1.807, 2.05) is 6.92 Å². The van der Waals surface area contributed by atoms with Crippen molar-refractivity contribution in [1.29, 1.82) is 0 Å². The zero-order valence-electron chi connectivity index (χ0n) is 17.0. The van der Waals surface area contributed by atoms with Gasteiger partial charge in [-0.05, 0) is 31.9 Å². The molecule has 0 saturated heterocycles. The molecule has 0 aliphatic carbocycles. The molecule has 0 aliphatic rings. The molecule has 1 unspecified atom stereocenters. The number of benzene rings is 1. The van der Waals surface area contributed by atoms with Crippen molar-refractivity contribution in [3.8, 4) is 0 Å². The Morgan fingerprint density at radius 1 is 0.852 bits per heavy atom. The first kappa shape index (κ1) is 23.2. The van der Waals surface area contributed by atoms with Gasteiger partial charge in [0, 0.05) is 0 Å². The van der Waals surface area contributed by atoms with Crippen LogP contribution in [0.5, 0.6) is 0 Å². The van der Waals surface area contributed by atoms with Crippen LogP contribution in [-0.2, 0) is 4.74 Å². The van der Waals surface area contributed by atoms with Crippen molar-refractivity contribution in [3.05, 3.63) is 35.4 Å². The standard InChI is InChI=1S/C23H36O4/c1-3-4-5-6-7-8-9-10-11-12-13-16-19(2)27-23(26)21-18-15-14-17-20(21)22(24)25/h14-15,17-19H,3-13,16H2,1-2H3,(H,24,25). The number of carboxylic acid groups (broad SMARTS) is 1. The number of carbonyl (C=O) groups is 2. The lowest BCUT2D eigenvalue weighted by molar-refractivity contribution is 0.0313. The zero-order valence-corrected chi connectivity index (χ0v) is 17.0. The molecular weight excluding hydrogens is 340 g/mol. The number of hydrogen-bond acceptors (Lipinski definition) is 3. The molecule has 0 aliphatic heterocycles. The van der Waals surface area contributed by atoms with Crippen LogP contribution < -0.4 is 0 Å². The van der Waals surface area contributed by atoms with Crippen LogP contribution in [0.1, 0.15) is 112 Å². The number of hydrogen-bond donors (Lipinski definition) is 1. The number of ether oxygens (including phenoxy) is 1. The molecule has 1 rings (SSSR count). The van der Waals surface area contributed by atoms with Gasteiger partial charge in [-0.2, -0.15) is 0 Å². The number of rotatable bonds is 15. The second-order valence-electron chi connectivity index (χ2n) is 7.39. The largest absolute Gasteiger partial charge is 0.478 e. The van der Waals surface area contributed by atoms with Gasteiger partial charge in [0.05, 0.1) is 17.2 Å². The van der Waals surface area contributed by atoms with Gasteiger partial charge < -0.3 is 9.84 Å². The molecule has 0 aromatic heterocycles. The van der Waals surface area contributed by atoms with Crippen molar-refractivity contribution in [2.45, 2.75) is 97.0 Å². The molecule has 0 radical (unpaired) electrons. The lowest BCUT2D eigenvalue weighted by Gasteiger charge is -2.14. The molecule has 1 atom stereocenters. The van der Waals surface area contributed by atoms with E-state index in [1.54, 1.807) is 12.1 Å². The van der Waals surface area contributed by atoms with E-state index in [4.69, 9.17) is 9.84 Å². The predicted octanol–water partition coefficient (Wildman–Crippen LogP) is 6.63. The summed E-state index contributed by atoms with van der Waals surface area (Å²) in [7, 11) is 0. The Kier molecular flexibility index (Phi) is 12.2. The van der Waals surface area contributed by atoms with Gasteiger partial charge in [0.1, 0.15) is 0 Å². The highest BCUT2D eigenvalue weighted by Crippen LogP contribution is 2.15. The maximum Gasteiger partial charge on any atom is 0.339 e. The van der Waals surface area contributed by atoms with Crippen LogP contribution in [0.25, 0.3) is 0 Å². The van der Waals surface area contributed by atoms with Gasteiger partial charge in [-0.1, -0.05) is 83.3 Å². The van der Waals surface area contributed by atoms with Crippen LogP contribution in [0.2, 0.25) is 0 Å². The third-order valence-corrected chi connectivity index (χ3v) is 4.90. The maximum atomic E-state index is 12.2. The minimum absolute atomic E-state index is 0.00982. The van der Waals surface area contributed by atoms with Crippen LogP contribution in [0.4, 0.5) is 0 Å². The number of carboxylic acids is 1. The summed E-state index contributed by atoms with van der Waals surface area (Å²) in [5.41, 5.74) is 0.111. The van der Waals surface area contributed by atoms with Gasteiger partial charge in [0.2, 0.25) is 0 Å². The van der Waals surface area contributed by atoms with Crippen LogP contribution in [-0.4, -0.2) is 23.1 Å². The summed E-state index contributed by atoms with van der Waals surface area (Å²) in [5.74, 6) is -1.66. The van der Waals surface area contributed by atoms with Crippen LogP contribution in [0, 0.1) is 0 Å². The number of esters is 1. The average Bonchev–Trinajstić information content (AvgIpc) is 2.66. The molecule has 0 fully saturated rings. The molecule has 1 aromatic rings. The van der Waals surface area contributed by atoms with Gasteiger partial charge in [0.15, 0.2) is 0 Å². The summed E-state index contributed by atoms with van der Waals surface area (Å²) in [6.07, 6.45) is 14.8. The van der Waals surface area contributed by atoms with Gasteiger partial charge in [-0.15, -0.1) is 0 Å². The number of unbranched alkanes of at least 4 members (excludes halogenated alkanes) is 10. The molecule has 1 aromatic carbocycles. The fraction of sp³-hybridized carbons (Fsp3) is 0.652. The summed E-state index contributed by atoms with van der Waals surface area (Å²) in [6, 6.07) is 6.18. The first-order valence-corrected chi connectivity index (χ1v) is 10.6. The van der Waals surface area contributed by atoms with E-state index in [0.29, 0.717) is 0 Å². The maximum absolute atomic E-state index is 12.2. The normalized spacial score (nSPS) is 11.9. The van der Waals surface area contributed by atoms with E-state index in [9.17, 15) is 9.59 Å². The van der Waals surface area contributed by atoms with E-state index >= 15 is 0 Å². The summed E-state index contributed by atoms with van der Waals surface area (Å²) >= 11 is 0. The van der Waals surface area contributed by atoms with E-state index in [1.165, 1.54) is 69.9 Å². The van der Waals surface area contributed by atoms with Crippen LogP contribution in [0.15, 0.2) is 24.3 Å². The van der Waals surface area contributed by atoms with Crippen LogP contribution in [0.3, 0.4) is 0 Å². The van der Waals surface area contributed by atoms with E-state index < -0.39 is 11.9 Å². The lowest BCUT2D eigenvalue weighted by Crippen LogP contribution is -2.17. The smallest absolute Gasteiger partial charge is 0.339 e. The summed E-state index contributed by atoms with van der Waals surface area (Å²) < 4.78 is 5.42. The second-order valence-corrected chi connectivity index (χ2v) is 7.39. The van der Waals surface area contributed by atoms with Gasteiger partial charge in [-0.25, -0.2) is 9.59 Å². The van der Waals surface area contributed by atoms with E-state index in [0.717, 1.165) is 19.3 Å². The molecule has 0 spiro atoms. The Morgan fingerprint density at radius 2 is 1.33 bits per heavy atom. The Hall–Kier alpha value is -1.84. The number of carbonyl (C=O) groups excluding carboxylic acids is 1. The van der Waals surface area contributed by atoms with Gasteiger partial charge in [-0.3, -0.25) is 0 Å². The third kappa shape index (κ3) is 10.2. The number of aromatic carboxylic acids is 1. The minimum atomic E-state index is -1.11. The highest BCUT2D eigenvalue weighted by molar-refractivity contribution is 6.02. The van der Waals surface area contributed by atoms with Crippen molar-refractivity contribution >= 4 is 11.9 Å². The van der Waals surface area contributed by atoms with Crippen molar-refractivity contribution in [1.82, 2.24) is 0 Å². The Bertz CT molecular complexity index is 553. The van der Waals surface area contributed by atoms with Gasteiger partial charge >= 0.3 is 11.9 Å². The predicted molar refractivity (Wildman–Crippen MR) is 109 cm³/mol. The van der Waals surface area contributed by atoms with Crippen molar-refractivity contribution < 1.29 is 19.4 Å². The molecule has 0 heterocycles. The first-order valence-electron chi connectivity index (χ1n) is 10.6. The fourth-order valence-corrected chi connectivity index (χ4v) is 3.25. The first-order chi connectivity index (χ1) is 13.1. The monoisotopic (exact) mass is 376 g/mol. The summed E-state index contributed by atoms with van der Waals surface area (Å²) in [5, 5.41) is 9.16. The average molecular weight is 377 g/mol. The molecule has 4 nitrogen and oxygen atoms in total. The quantitative estimate of drug-likeness (QED) is 0.275. The lowest BCUT2D eigenvalue weighted by atomic mass is 10.0. The van der Waals surface area contributed by atoms with Crippen molar-refractivity contribution in [2.75, 3.05) is 0 Å². The third-order valence-electron chi connectivity index (χ3n) is 4.90. The van der Waals surface area contributed by atoms with E-state index in [-0.39, 0.29) is 17.2 Å². The Morgan fingerprint density at radius 3 is 1.85 bits per heavy atom. The molecule has 152 valence electrons.